The summed E-state index contributed by atoms with van der Waals surface area (Å²) < 4.78 is 22.1. The first-order chi connectivity index (χ1) is 19.4. The van der Waals surface area contributed by atoms with Crippen LogP contribution in [-0.4, -0.2) is 36.5 Å². The van der Waals surface area contributed by atoms with Crippen LogP contribution in [0.4, 0.5) is 0 Å². The highest BCUT2D eigenvalue weighted by molar-refractivity contribution is 5.99. The molecule has 41 heavy (non-hydrogen) atoms. The smallest absolute Gasteiger partial charge is 0.342 e. The number of hydrogen-bond acceptors (Lipinski definition) is 8. The van der Waals surface area contributed by atoms with Gasteiger partial charge in [0.1, 0.15) is 23.5 Å². The maximum atomic E-state index is 12.9. The number of carbonyl (C=O) groups is 4. The van der Waals surface area contributed by atoms with E-state index in [-0.39, 0.29) is 55.5 Å². The molecule has 1 heterocycles. The molecule has 0 bridgehead atoms. The number of ether oxygens (including phenoxy) is 4. The van der Waals surface area contributed by atoms with Gasteiger partial charge in [-0.2, -0.15) is 0 Å². The molecule has 1 aliphatic heterocycles. The van der Waals surface area contributed by atoms with Crippen molar-refractivity contribution in [3.8, 4) is 11.5 Å². The number of allylic oxidation sites excluding steroid dienone is 2. The van der Waals surface area contributed by atoms with Crippen molar-refractivity contribution >= 4 is 23.8 Å². The van der Waals surface area contributed by atoms with E-state index >= 15 is 0 Å². The van der Waals surface area contributed by atoms with Crippen molar-refractivity contribution in [2.24, 2.45) is 0 Å². The molecule has 0 aliphatic carbocycles. The SMILES string of the molecule is COc1c(C)c2c(c(OC(=O)CCC(=O)NCc3ccccc3)c1CC=C(C)CCC(=O)OC(C)(C)C)C(=O)OC2. The fourth-order valence-corrected chi connectivity index (χ4v) is 4.46. The minimum absolute atomic E-state index is 0.0494. The van der Waals surface area contributed by atoms with Gasteiger partial charge in [-0.25, -0.2) is 4.79 Å². The van der Waals surface area contributed by atoms with Crippen LogP contribution in [-0.2, 0) is 43.4 Å². The van der Waals surface area contributed by atoms with Crippen LogP contribution in [0.2, 0.25) is 0 Å². The largest absolute Gasteiger partial charge is 0.496 e. The molecule has 0 saturated heterocycles. The summed E-state index contributed by atoms with van der Waals surface area (Å²) in [7, 11) is 1.51. The van der Waals surface area contributed by atoms with Crippen LogP contribution >= 0.6 is 0 Å². The number of esters is 3. The summed E-state index contributed by atoms with van der Waals surface area (Å²) in [6, 6.07) is 9.45. The van der Waals surface area contributed by atoms with Crippen LogP contribution in [0.15, 0.2) is 42.0 Å². The molecule has 0 unspecified atom stereocenters. The van der Waals surface area contributed by atoms with Crippen LogP contribution in [0.25, 0.3) is 0 Å². The summed E-state index contributed by atoms with van der Waals surface area (Å²) in [5, 5.41) is 2.79. The fraction of sp³-hybridized carbons (Fsp3) is 0.438. The Kier molecular flexibility index (Phi) is 10.7. The van der Waals surface area contributed by atoms with Gasteiger partial charge in [-0.1, -0.05) is 42.0 Å². The molecule has 2 aromatic rings. The molecule has 0 atom stereocenters. The van der Waals surface area contributed by atoms with E-state index < -0.39 is 17.5 Å². The quantitative estimate of drug-likeness (QED) is 0.210. The number of benzene rings is 2. The average molecular weight is 566 g/mol. The average Bonchev–Trinajstić information content (AvgIpc) is 3.31. The van der Waals surface area contributed by atoms with Gasteiger partial charge in [-0.3, -0.25) is 14.4 Å². The highest BCUT2D eigenvalue weighted by atomic mass is 16.6. The molecular weight excluding hydrogens is 526 g/mol. The lowest BCUT2D eigenvalue weighted by Crippen LogP contribution is -2.24. The van der Waals surface area contributed by atoms with Crippen LogP contribution in [0.5, 0.6) is 11.5 Å². The first-order valence-electron chi connectivity index (χ1n) is 13.7. The van der Waals surface area contributed by atoms with Crippen molar-refractivity contribution in [1.82, 2.24) is 5.32 Å². The Hall–Kier alpha value is -4.14. The van der Waals surface area contributed by atoms with Gasteiger partial charge in [0, 0.05) is 30.5 Å². The second-order valence-corrected chi connectivity index (χ2v) is 11.0. The Labute approximate surface area is 241 Å². The van der Waals surface area contributed by atoms with Crippen LogP contribution in [0.1, 0.15) is 86.0 Å². The van der Waals surface area contributed by atoms with Crippen molar-refractivity contribution in [3.63, 3.8) is 0 Å². The fourth-order valence-electron chi connectivity index (χ4n) is 4.46. The van der Waals surface area contributed by atoms with Crippen LogP contribution in [0.3, 0.4) is 0 Å². The molecule has 0 saturated carbocycles. The van der Waals surface area contributed by atoms with E-state index in [1.54, 1.807) is 0 Å². The normalized spacial score (nSPS) is 12.8. The summed E-state index contributed by atoms with van der Waals surface area (Å²) in [6.07, 6.45) is 2.65. The number of rotatable bonds is 12. The molecular formula is C32H39NO8. The summed E-state index contributed by atoms with van der Waals surface area (Å²) in [5.74, 6) is -1.25. The molecule has 2 aromatic carbocycles. The van der Waals surface area contributed by atoms with Crippen LogP contribution < -0.4 is 14.8 Å². The van der Waals surface area contributed by atoms with Gasteiger partial charge in [0.05, 0.1) is 13.5 Å². The topological polar surface area (TPSA) is 117 Å². The first-order valence-corrected chi connectivity index (χ1v) is 13.7. The molecule has 1 N–H and O–H groups in total. The molecule has 9 heteroatoms. The van der Waals surface area contributed by atoms with Crippen molar-refractivity contribution in [2.75, 3.05) is 7.11 Å². The monoisotopic (exact) mass is 565 g/mol. The summed E-state index contributed by atoms with van der Waals surface area (Å²) in [6.45, 7) is 9.58. The van der Waals surface area contributed by atoms with Gasteiger partial charge in [0.25, 0.3) is 0 Å². The minimum Gasteiger partial charge on any atom is -0.496 e. The van der Waals surface area contributed by atoms with Crippen LogP contribution in [0, 0.1) is 6.92 Å². The molecule has 0 spiro atoms. The van der Waals surface area contributed by atoms with E-state index in [0.29, 0.717) is 29.8 Å². The maximum absolute atomic E-state index is 12.9. The molecule has 0 aromatic heterocycles. The van der Waals surface area contributed by atoms with E-state index in [1.165, 1.54) is 7.11 Å². The lowest BCUT2D eigenvalue weighted by molar-refractivity contribution is -0.154. The molecule has 0 radical (unpaired) electrons. The van der Waals surface area contributed by atoms with E-state index in [9.17, 15) is 19.2 Å². The van der Waals surface area contributed by atoms with E-state index in [1.807, 2.05) is 71.0 Å². The number of fused-ring (bicyclic) bond motifs is 1. The summed E-state index contributed by atoms with van der Waals surface area (Å²) >= 11 is 0. The van der Waals surface area contributed by atoms with E-state index in [4.69, 9.17) is 18.9 Å². The molecule has 9 nitrogen and oxygen atoms in total. The summed E-state index contributed by atoms with van der Waals surface area (Å²) in [5.41, 5.74) is 3.35. The molecule has 220 valence electrons. The van der Waals surface area contributed by atoms with Gasteiger partial charge in [-0.15, -0.1) is 0 Å². The Balaban J connectivity index is 1.75. The number of carbonyl (C=O) groups excluding carboxylic acids is 4. The third-order valence-corrected chi connectivity index (χ3v) is 6.53. The highest BCUT2D eigenvalue weighted by Gasteiger charge is 2.34. The summed E-state index contributed by atoms with van der Waals surface area (Å²) in [4.78, 5) is 50.1. The number of amides is 1. The third-order valence-electron chi connectivity index (χ3n) is 6.53. The zero-order chi connectivity index (χ0) is 30.2. The second kappa shape index (κ2) is 14.0. The second-order valence-electron chi connectivity index (χ2n) is 11.0. The molecule has 1 amide bonds. The Morgan fingerprint density at radius 3 is 2.34 bits per heavy atom. The van der Waals surface area contributed by atoms with Gasteiger partial charge in [0.15, 0.2) is 5.75 Å². The zero-order valence-corrected chi connectivity index (χ0v) is 24.7. The van der Waals surface area contributed by atoms with Crippen molar-refractivity contribution < 1.29 is 38.1 Å². The standard InChI is InChI=1S/C32H39NO8/c1-20(13-16-27(36)41-32(3,4)5)12-14-23-29(38-6)21(2)24-19-39-31(37)28(24)30(23)40-26(35)17-15-25(34)33-18-22-10-8-7-9-11-22/h7-12H,13-19H2,1-6H3,(H,33,34). The highest BCUT2D eigenvalue weighted by Crippen LogP contribution is 2.43. The van der Waals surface area contributed by atoms with Crippen molar-refractivity contribution in [3.05, 3.63) is 69.8 Å². The lowest BCUT2D eigenvalue weighted by Gasteiger charge is -2.19. The Morgan fingerprint density at radius 2 is 1.68 bits per heavy atom. The van der Waals surface area contributed by atoms with E-state index in [0.717, 1.165) is 16.7 Å². The number of hydrogen-bond donors (Lipinski definition) is 1. The molecule has 3 rings (SSSR count). The van der Waals surface area contributed by atoms with Gasteiger partial charge >= 0.3 is 17.9 Å². The van der Waals surface area contributed by atoms with Gasteiger partial charge < -0.3 is 24.3 Å². The Morgan fingerprint density at radius 1 is 1.00 bits per heavy atom. The zero-order valence-electron chi connectivity index (χ0n) is 24.7. The minimum atomic E-state index is -0.653. The number of nitrogens with one attached hydrogen (secondary N) is 1. The number of cyclic esters (lactones) is 1. The first kappa shape index (κ1) is 31.4. The molecule has 1 aliphatic rings. The predicted molar refractivity (Wildman–Crippen MR) is 153 cm³/mol. The Bertz CT molecular complexity index is 1320. The molecule has 0 fully saturated rings. The van der Waals surface area contributed by atoms with Crippen molar-refractivity contribution in [2.45, 2.75) is 85.5 Å². The van der Waals surface area contributed by atoms with Gasteiger partial charge in [-0.05, 0) is 58.6 Å². The maximum Gasteiger partial charge on any atom is 0.342 e. The predicted octanol–water partition coefficient (Wildman–Crippen LogP) is 5.29. The van der Waals surface area contributed by atoms with Gasteiger partial charge in [0.2, 0.25) is 5.91 Å². The lowest BCUT2D eigenvalue weighted by atomic mass is 9.94. The van der Waals surface area contributed by atoms with E-state index in [2.05, 4.69) is 5.32 Å². The third kappa shape index (κ3) is 8.93. The van der Waals surface area contributed by atoms with Crippen molar-refractivity contribution in [1.29, 1.82) is 0 Å². The number of methoxy groups -OCH3 is 1.